The Hall–Kier alpha value is -5.94. The molecule has 50 heavy (non-hydrogen) atoms. The molecule has 11 aromatic rings. The average molecular weight is 673 g/mol. The number of hydrogen-bond acceptors (Lipinski definition) is 3. The predicted molar refractivity (Wildman–Crippen MR) is 219 cm³/mol. The van der Waals surface area contributed by atoms with Crippen molar-refractivity contribution in [2.45, 2.75) is 0 Å². The average Bonchev–Trinajstić information content (AvgIpc) is 3.85. The maximum Gasteiger partial charge on any atom is 0.0782 e. The van der Waals surface area contributed by atoms with E-state index in [0.29, 0.717) is 0 Å². The van der Waals surface area contributed by atoms with E-state index in [4.69, 9.17) is 0 Å². The molecule has 0 saturated carbocycles. The lowest BCUT2D eigenvalue weighted by Gasteiger charge is -2.28. The monoisotopic (exact) mass is 672 g/mol. The lowest BCUT2D eigenvalue weighted by molar-refractivity contribution is 1.17. The second-order valence-corrected chi connectivity index (χ2v) is 15.0. The van der Waals surface area contributed by atoms with Gasteiger partial charge in [-0.3, -0.25) is 0 Å². The van der Waals surface area contributed by atoms with Crippen LogP contribution in [0.2, 0.25) is 0 Å². The molecule has 234 valence electrons. The van der Waals surface area contributed by atoms with Gasteiger partial charge in [-0.2, -0.15) is 0 Å². The Morgan fingerprint density at radius 3 is 2.02 bits per heavy atom. The normalized spacial score (nSPS) is 12.0. The van der Waals surface area contributed by atoms with E-state index in [0.717, 1.165) is 17.1 Å². The topological polar surface area (TPSA) is 8.17 Å². The van der Waals surface area contributed by atoms with Crippen molar-refractivity contribution in [1.29, 1.82) is 0 Å². The van der Waals surface area contributed by atoms with Gasteiger partial charge in [-0.1, -0.05) is 115 Å². The van der Waals surface area contributed by atoms with Crippen molar-refractivity contribution in [3.8, 4) is 5.69 Å². The van der Waals surface area contributed by atoms with E-state index in [2.05, 4.69) is 179 Å². The molecule has 0 aliphatic rings. The number of rotatable bonds is 4. The van der Waals surface area contributed by atoms with Crippen LogP contribution in [0.25, 0.3) is 78.6 Å². The minimum absolute atomic E-state index is 1.15. The maximum atomic E-state index is 2.52. The molecular weight excluding hydrogens is 645 g/mol. The second-order valence-electron chi connectivity index (χ2n) is 12.9. The van der Waals surface area contributed by atoms with E-state index in [-0.39, 0.29) is 0 Å². The molecule has 2 nitrogen and oxygen atoms in total. The molecule has 8 aromatic carbocycles. The Kier molecular flexibility index (Phi) is 6.03. The summed E-state index contributed by atoms with van der Waals surface area (Å²) in [5.74, 6) is 0. The lowest BCUT2D eigenvalue weighted by atomic mass is 10.0. The van der Waals surface area contributed by atoms with Crippen molar-refractivity contribution in [2.75, 3.05) is 4.90 Å². The fourth-order valence-corrected chi connectivity index (χ4v) is 10.4. The molecule has 0 atom stereocenters. The van der Waals surface area contributed by atoms with Gasteiger partial charge < -0.3 is 9.47 Å². The zero-order valence-corrected chi connectivity index (χ0v) is 28.5. The van der Waals surface area contributed by atoms with Crippen LogP contribution in [0.3, 0.4) is 0 Å². The quantitative estimate of drug-likeness (QED) is 0.181. The Morgan fingerprint density at radius 2 is 1.10 bits per heavy atom. The molecule has 0 N–H and O–H groups in total. The molecule has 3 aromatic heterocycles. The van der Waals surface area contributed by atoms with Crippen molar-refractivity contribution < 1.29 is 0 Å². The largest absolute Gasteiger partial charge is 0.308 e. The molecule has 0 saturated heterocycles. The minimum atomic E-state index is 1.15. The van der Waals surface area contributed by atoms with Gasteiger partial charge in [0.1, 0.15) is 0 Å². The summed E-state index contributed by atoms with van der Waals surface area (Å²) in [4.78, 5) is 2.52. The van der Waals surface area contributed by atoms with E-state index in [1.807, 2.05) is 22.7 Å². The van der Waals surface area contributed by atoms with Gasteiger partial charge in [0.05, 0.1) is 22.4 Å². The fraction of sp³-hybridized carbons (Fsp3) is 0. The number of benzene rings is 8. The first-order valence-corrected chi connectivity index (χ1v) is 18.6. The first-order chi connectivity index (χ1) is 24.8. The Morgan fingerprint density at radius 1 is 0.420 bits per heavy atom. The molecule has 11 rings (SSSR count). The number of hydrogen-bond donors (Lipinski definition) is 0. The highest BCUT2D eigenvalue weighted by atomic mass is 32.1. The lowest BCUT2D eigenvalue weighted by Crippen LogP contribution is -2.12. The fourth-order valence-electron chi connectivity index (χ4n) is 8.01. The van der Waals surface area contributed by atoms with Gasteiger partial charge in [0.2, 0.25) is 0 Å². The van der Waals surface area contributed by atoms with Crippen LogP contribution in [-0.4, -0.2) is 4.57 Å². The molecule has 0 aliphatic carbocycles. The highest BCUT2D eigenvalue weighted by Crippen LogP contribution is 2.50. The first-order valence-electron chi connectivity index (χ1n) is 16.9. The van der Waals surface area contributed by atoms with Crippen molar-refractivity contribution in [2.24, 2.45) is 0 Å². The SMILES string of the molecule is c1ccc(-n2c3ccccc3c3cccc(N(c4ccc5c(c4)sc4ccccc45)c4cccc5sc6c7ccccc7ccc6c45)c32)cc1. The van der Waals surface area contributed by atoms with E-state index in [1.165, 1.54) is 78.6 Å². The summed E-state index contributed by atoms with van der Waals surface area (Å²) in [6.45, 7) is 0. The van der Waals surface area contributed by atoms with Crippen LogP contribution in [0.4, 0.5) is 17.1 Å². The number of anilines is 3. The molecule has 0 spiro atoms. The smallest absolute Gasteiger partial charge is 0.0782 e. The van der Waals surface area contributed by atoms with Gasteiger partial charge >= 0.3 is 0 Å². The minimum Gasteiger partial charge on any atom is -0.308 e. The third-order valence-corrected chi connectivity index (χ3v) is 12.5. The standard InChI is InChI=1S/C46H28N2S2/c1-2-13-30(14-3-1)48-38-19-8-6-16-33(38)36-18-10-21-40(45(36)48)47(31-25-27-35-34-17-7-9-22-41(34)49-43(35)28-31)39-20-11-23-42-44(39)37-26-24-29-12-4-5-15-32(29)46(37)50-42/h1-28H. The summed E-state index contributed by atoms with van der Waals surface area (Å²) in [5.41, 5.74) is 7.02. The van der Waals surface area contributed by atoms with E-state index in [1.54, 1.807) is 0 Å². The number of para-hydroxylation sites is 3. The van der Waals surface area contributed by atoms with Crippen molar-refractivity contribution in [3.63, 3.8) is 0 Å². The molecule has 0 radical (unpaired) electrons. The van der Waals surface area contributed by atoms with E-state index in [9.17, 15) is 0 Å². The predicted octanol–water partition coefficient (Wildman–Crippen LogP) is 14.1. The molecule has 0 bridgehead atoms. The maximum absolute atomic E-state index is 2.52. The molecule has 0 unspecified atom stereocenters. The zero-order valence-electron chi connectivity index (χ0n) is 26.9. The van der Waals surface area contributed by atoms with Crippen LogP contribution < -0.4 is 4.90 Å². The van der Waals surface area contributed by atoms with Crippen molar-refractivity contribution in [3.05, 3.63) is 170 Å². The molecule has 3 heterocycles. The van der Waals surface area contributed by atoms with Gasteiger partial charge in [-0.15, -0.1) is 22.7 Å². The Balaban J connectivity index is 1.29. The van der Waals surface area contributed by atoms with Crippen LogP contribution in [0, 0.1) is 0 Å². The number of thiophene rings is 2. The number of aromatic nitrogens is 1. The summed E-state index contributed by atoms with van der Waals surface area (Å²) in [6, 6.07) is 62.4. The summed E-state index contributed by atoms with van der Waals surface area (Å²) < 4.78 is 7.68. The van der Waals surface area contributed by atoms with Gasteiger partial charge in [-0.05, 0) is 65.4 Å². The van der Waals surface area contributed by atoms with Gasteiger partial charge in [-0.25, -0.2) is 0 Å². The molecular formula is C46H28N2S2. The van der Waals surface area contributed by atoms with Gasteiger partial charge in [0.15, 0.2) is 0 Å². The number of nitrogens with zero attached hydrogens (tertiary/aromatic N) is 2. The first kappa shape index (κ1) is 28.0. The third kappa shape index (κ3) is 4.01. The molecule has 0 aliphatic heterocycles. The Bertz CT molecular complexity index is 3110. The summed E-state index contributed by atoms with van der Waals surface area (Å²) in [6.07, 6.45) is 0. The molecule has 0 amide bonds. The van der Waals surface area contributed by atoms with Crippen LogP contribution in [0.1, 0.15) is 0 Å². The van der Waals surface area contributed by atoms with Crippen LogP contribution in [0.5, 0.6) is 0 Å². The van der Waals surface area contributed by atoms with E-state index < -0.39 is 0 Å². The van der Waals surface area contributed by atoms with Gasteiger partial charge in [0.25, 0.3) is 0 Å². The third-order valence-electron chi connectivity index (χ3n) is 10.2. The summed E-state index contributed by atoms with van der Waals surface area (Å²) in [5, 5.41) is 10.3. The Labute approximate surface area is 296 Å². The highest BCUT2D eigenvalue weighted by molar-refractivity contribution is 7.27. The molecule has 0 fully saturated rings. The van der Waals surface area contributed by atoms with Crippen LogP contribution in [-0.2, 0) is 0 Å². The van der Waals surface area contributed by atoms with Crippen molar-refractivity contribution >= 4 is 113 Å². The van der Waals surface area contributed by atoms with Crippen LogP contribution >= 0.6 is 22.7 Å². The zero-order chi connectivity index (χ0) is 32.8. The number of fused-ring (bicyclic) bond motifs is 11. The second kappa shape index (κ2) is 10.8. The van der Waals surface area contributed by atoms with Crippen molar-refractivity contribution in [1.82, 2.24) is 4.57 Å². The van der Waals surface area contributed by atoms with Crippen LogP contribution in [0.15, 0.2) is 170 Å². The summed E-state index contributed by atoms with van der Waals surface area (Å²) in [7, 11) is 0. The molecule has 4 heteroatoms. The summed E-state index contributed by atoms with van der Waals surface area (Å²) >= 11 is 3.77. The van der Waals surface area contributed by atoms with E-state index >= 15 is 0 Å². The highest BCUT2D eigenvalue weighted by Gasteiger charge is 2.24. The van der Waals surface area contributed by atoms with Gasteiger partial charge in [0, 0.05) is 62.5 Å².